The van der Waals surface area contributed by atoms with Crippen molar-refractivity contribution in [1.82, 2.24) is 9.55 Å². The highest BCUT2D eigenvalue weighted by Crippen LogP contribution is 2.26. The van der Waals surface area contributed by atoms with Crippen molar-refractivity contribution >= 4 is 38.3 Å². The third-order valence-corrected chi connectivity index (χ3v) is 5.58. The maximum absolute atomic E-state index is 12.9. The number of fused-ring (bicyclic) bond motifs is 2. The van der Waals surface area contributed by atoms with Gasteiger partial charge in [-0.2, -0.15) is 0 Å². The third-order valence-electron chi connectivity index (χ3n) is 4.48. The van der Waals surface area contributed by atoms with Crippen molar-refractivity contribution in [3.05, 3.63) is 62.7 Å². The van der Waals surface area contributed by atoms with E-state index in [1.807, 2.05) is 38.1 Å². The van der Waals surface area contributed by atoms with Gasteiger partial charge in [0.2, 0.25) is 5.78 Å². The molecular formula is C19H16N2O3S. The van der Waals surface area contributed by atoms with Crippen LogP contribution in [0.2, 0.25) is 0 Å². The van der Waals surface area contributed by atoms with Crippen LogP contribution < -0.4 is 5.56 Å². The number of carbonyl (C=O) groups excluding carboxylic acids is 1. The number of carbonyl (C=O) groups is 1. The van der Waals surface area contributed by atoms with Crippen molar-refractivity contribution in [1.29, 1.82) is 0 Å². The van der Waals surface area contributed by atoms with Gasteiger partial charge in [-0.1, -0.05) is 18.2 Å². The van der Waals surface area contributed by atoms with E-state index in [0.717, 1.165) is 20.7 Å². The Kier molecular flexibility index (Phi) is 3.58. The van der Waals surface area contributed by atoms with Gasteiger partial charge in [0.1, 0.15) is 16.2 Å². The molecule has 0 saturated carbocycles. The predicted octanol–water partition coefficient (Wildman–Crippen LogP) is 4.01. The normalized spacial score (nSPS) is 11.5. The summed E-state index contributed by atoms with van der Waals surface area (Å²) in [5.74, 6) is 0.543. The van der Waals surface area contributed by atoms with Crippen LogP contribution in [0.1, 0.15) is 26.8 Å². The second-order valence-corrected chi connectivity index (χ2v) is 7.29. The fourth-order valence-corrected chi connectivity index (χ4v) is 4.02. The summed E-state index contributed by atoms with van der Waals surface area (Å²) in [6, 6.07) is 9.16. The topological polar surface area (TPSA) is 65.1 Å². The van der Waals surface area contributed by atoms with Gasteiger partial charge in [0.05, 0.1) is 11.9 Å². The molecule has 4 rings (SSSR count). The van der Waals surface area contributed by atoms with Crippen LogP contribution in [0.3, 0.4) is 0 Å². The van der Waals surface area contributed by atoms with Crippen molar-refractivity contribution in [2.75, 3.05) is 0 Å². The van der Waals surface area contributed by atoms with Gasteiger partial charge in [0, 0.05) is 10.3 Å². The third kappa shape index (κ3) is 2.49. The highest BCUT2D eigenvalue weighted by molar-refractivity contribution is 7.18. The minimum absolute atomic E-state index is 0.0816. The molecular weight excluding hydrogens is 336 g/mol. The fraction of sp³-hybridized carbons (Fsp3) is 0.211. The number of thiophene rings is 1. The number of rotatable bonds is 3. The minimum atomic E-state index is -0.243. The molecule has 0 saturated heterocycles. The molecule has 0 radical (unpaired) electrons. The standard InChI is InChI=1S/C19H16N2O3S/c1-10-11(2)25-18-17(10)19(23)21(12(3)20-18)9-14(22)16-8-13-6-4-5-7-15(13)24-16/h4-8H,9H2,1-3H3. The summed E-state index contributed by atoms with van der Waals surface area (Å²) in [7, 11) is 0. The van der Waals surface area contributed by atoms with Crippen LogP contribution >= 0.6 is 11.3 Å². The van der Waals surface area contributed by atoms with Gasteiger partial charge in [0.15, 0.2) is 5.76 Å². The van der Waals surface area contributed by atoms with E-state index in [2.05, 4.69) is 4.98 Å². The Morgan fingerprint density at radius 2 is 2.00 bits per heavy atom. The zero-order valence-electron chi connectivity index (χ0n) is 14.1. The first-order valence-electron chi connectivity index (χ1n) is 7.94. The van der Waals surface area contributed by atoms with Crippen molar-refractivity contribution in [3.8, 4) is 0 Å². The summed E-state index contributed by atoms with van der Waals surface area (Å²) in [4.78, 5) is 31.8. The monoisotopic (exact) mass is 352 g/mol. The number of hydrogen-bond donors (Lipinski definition) is 0. The molecule has 0 aliphatic heterocycles. The molecule has 0 aliphatic rings. The minimum Gasteiger partial charge on any atom is -0.453 e. The van der Waals surface area contributed by atoms with E-state index in [9.17, 15) is 9.59 Å². The number of ketones is 1. The molecule has 3 aromatic heterocycles. The Morgan fingerprint density at radius 3 is 2.76 bits per heavy atom. The molecule has 0 aliphatic carbocycles. The van der Waals surface area contributed by atoms with E-state index in [1.54, 1.807) is 13.0 Å². The van der Waals surface area contributed by atoms with Gasteiger partial charge in [-0.05, 0) is 38.5 Å². The molecule has 0 spiro atoms. The lowest BCUT2D eigenvalue weighted by Crippen LogP contribution is -2.27. The Labute approximate surface area is 147 Å². The number of furan rings is 1. The number of benzene rings is 1. The first-order valence-corrected chi connectivity index (χ1v) is 8.76. The molecule has 5 nitrogen and oxygen atoms in total. The zero-order chi connectivity index (χ0) is 17.7. The second-order valence-electron chi connectivity index (χ2n) is 6.09. The first kappa shape index (κ1) is 15.8. The highest BCUT2D eigenvalue weighted by atomic mass is 32.1. The lowest BCUT2D eigenvalue weighted by Gasteiger charge is -2.08. The number of Topliss-reactive ketones (excluding diaryl/α,β-unsaturated/α-hetero) is 1. The van der Waals surface area contributed by atoms with Crippen molar-refractivity contribution < 1.29 is 9.21 Å². The molecule has 1 aromatic carbocycles. The molecule has 25 heavy (non-hydrogen) atoms. The smallest absolute Gasteiger partial charge is 0.262 e. The first-order chi connectivity index (χ1) is 12.0. The van der Waals surface area contributed by atoms with Gasteiger partial charge >= 0.3 is 0 Å². The molecule has 126 valence electrons. The van der Waals surface area contributed by atoms with Crippen LogP contribution in [-0.4, -0.2) is 15.3 Å². The van der Waals surface area contributed by atoms with Gasteiger partial charge in [-0.15, -0.1) is 11.3 Å². The average Bonchev–Trinajstić information content (AvgIpc) is 3.13. The summed E-state index contributed by atoms with van der Waals surface area (Å²) >= 11 is 1.51. The summed E-state index contributed by atoms with van der Waals surface area (Å²) < 4.78 is 7.04. The quantitative estimate of drug-likeness (QED) is 0.523. The molecule has 0 atom stereocenters. The van der Waals surface area contributed by atoms with Crippen LogP contribution in [0.15, 0.2) is 39.5 Å². The van der Waals surface area contributed by atoms with E-state index in [-0.39, 0.29) is 23.6 Å². The lowest BCUT2D eigenvalue weighted by atomic mass is 10.2. The molecule has 4 aromatic rings. The molecule has 3 heterocycles. The van der Waals surface area contributed by atoms with E-state index in [1.165, 1.54) is 15.9 Å². The Bertz CT molecular complexity index is 1160. The largest absolute Gasteiger partial charge is 0.453 e. The highest BCUT2D eigenvalue weighted by Gasteiger charge is 2.18. The van der Waals surface area contributed by atoms with Gasteiger partial charge in [0.25, 0.3) is 5.56 Å². The zero-order valence-corrected chi connectivity index (χ0v) is 14.9. The van der Waals surface area contributed by atoms with Gasteiger partial charge < -0.3 is 4.42 Å². The summed E-state index contributed by atoms with van der Waals surface area (Å²) in [6.45, 7) is 5.55. The Balaban J connectivity index is 1.78. The predicted molar refractivity (Wildman–Crippen MR) is 98.6 cm³/mol. The molecule has 0 bridgehead atoms. The fourth-order valence-electron chi connectivity index (χ4n) is 2.96. The maximum atomic E-state index is 12.9. The molecule has 0 fully saturated rings. The average molecular weight is 352 g/mol. The lowest BCUT2D eigenvalue weighted by molar-refractivity contribution is 0.0944. The summed E-state index contributed by atoms with van der Waals surface area (Å²) in [5.41, 5.74) is 1.42. The van der Waals surface area contributed by atoms with Crippen molar-refractivity contribution in [2.24, 2.45) is 0 Å². The van der Waals surface area contributed by atoms with E-state index in [4.69, 9.17) is 4.42 Å². The van der Waals surface area contributed by atoms with Gasteiger partial charge in [-0.25, -0.2) is 4.98 Å². The number of hydrogen-bond acceptors (Lipinski definition) is 5. The van der Waals surface area contributed by atoms with E-state index >= 15 is 0 Å². The number of aryl methyl sites for hydroxylation is 3. The molecule has 0 unspecified atom stereocenters. The van der Waals surface area contributed by atoms with Crippen LogP contribution in [0.5, 0.6) is 0 Å². The number of para-hydroxylation sites is 1. The van der Waals surface area contributed by atoms with Crippen molar-refractivity contribution in [2.45, 2.75) is 27.3 Å². The maximum Gasteiger partial charge on any atom is 0.262 e. The van der Waals surface area contributed by atoms with Crippen LogP contribution in [-0.2, 0) is 6.54 Å². The SMILES string of the molecule is Cc1sc2nc(C)n(CC(=O)c3cc4ccccc4o3)c(=O)c2c1C. The molecule has 6 heteroatoms. The summed E-state index contributed by atoms with van der Waals surface area (Å²) in [5, 5.41) is 1.47. The Hall–Kier alpha value is -2.73. The second kappa shape index (κ2) is 5.67. The van der Waals surface area contributed by atoms with Crippen molar-refractivity contribution in [3.63, 3.8) is 0 Å². The number of aromatic nitrogens is 2. The van der Waals surface area contributed by atoms with E-state index in [0.29, 0.717) is 16.8 Å². The number of nitrogens with zero attached hydrogens (tertiary/aromatic N) is 2. The van der Waals surface area contributed by atoms with E-state index < -0.39 is 0 Å². The van der Waals surface area contributed by atoms with Crippen LogP contribution in [0, 0.1) is 20.8 Å². The van der Waals surface area contributed by atoms with Crippen LogP contribution in [0.4, 0.5) is 0 Å². The molecule has 0 amide bonds. The summed E-state index contributed by atoms with van der Waals surface area (Å²) in [6.07, 6.45) is 0. The Morgan fingerprint density at radius 1 is 1.24 bits per heavy atom. The molecule has 0 N–H and O–H groups in total. The van der Waals surface area contributed by atoms with Crippen LogP contribution in [0.25, 0.3) is 21.2 Å². The van der Waals surface area contributed by atoms with Gasteiger partial charge in [-0.3, -0.25) is 14.2 Å².